The molecule has 2 atom stereocenters. The molecule has 2 saturated carbocycles. The number of amides is 3. The van der Waals surface area contributed by atoms with Crippen LogP contribution in [0.2, 0.25) is 0 Å². The third-order valence-electron chi connectivity index (χ3n) is 6.31. The summed E-state index contributed by atoms with van der Waals surface area (Å²) in [5.74, 6) is -0.722. The van der Waals surface area contributed by atoms with Crippen molar-refractivity contribution in [1.29, 1.82) is 0 Å². The predicted molar refractivity (Wildman–Crippen MR) is 125 cm³/mol. The number of nitrogens with zero attached hydrogens (tertiary/aromatic N) is 1. The van der Waals surface area contributed by atoms with Crippen molar-refractivity contribution in [2.45, 2.75) is 93.9 Å². The van der Waals surface area contributed by atoms with Gasteiger partial charge in [0.05, 0.1) is 6.10 Å². The van der Waals surface area contributed by atoms with Gasteiger partial charge < -0.3 is 16.2 Å². The molecule has 8 nitrogen and oxygen atoms in total. The van der Waals surface area contributed by atoms with Crippen molar-refractivity contribution in [1.82, 2.24) is 10.6 Å². The molecule has 0 heterocycles. The monoisotopic (exact) mass is 490 g/mol. The molecule has 0 saturated heterocycles. The van der Waals surface area contributed by atoms with Gasteiger partial charge in [0, 0.05) is 42.5 Å². The third-order valence-corrected chi connectivity index (χ3v) is 7.39. The van der Waals surface area contributed by atoms with Gasteiger partial charge in [-0.15, -0.1) is 23.2 Å². The molecule has 5 N–H and O–H groups in total. The maximum Gasteiger partial charge on any atom is 0.248 e. The van der Waals surface area contributed by atoms with Crippen LogP contribution in [0.1, 0.15) is 77.0 Å². The molecule has 0 radical (unpaired) electrons. The maximum absolute atomic E-state index is 12.2. The van der Waals surface area contributed by atoms with Crippen LogP contribution in [0.3, 0.4) is 0 Å². The summed E-state index contributed by atoms with van der Waals surface area (Å²) in [6.45, 7) is 0.381. The number of hydrogen-bond donors (Lipinski definition) is 4. The summed E-state index contributed by atoms with van der Waals surface area (Å²) in [5.41, 5.74) is 5.67. The van der Waals surface area contributed by atoms with Gasteiger partial charge in [0.2, 0.25) is 23.7 Å². The number of aliphatic hydroxyl groups excluding tert-OH is 1. The van der Waals surface area contributed by atoms with Crippen LogP contribution >= 0.6 is 23.2 Å². The molecule has 2 rings (SSSR count). The average Bonchev–Trinajstić information content (AvgIpc) is 2.73. The minimum atomic E-state index is -0.457. The van der Waals surface area contributed by atoms with Gasteiger partial charge in [0.15, 0.2) is 0 Å². The molecule has 0 spiro atoms. The summed E-state index contributed by atoms with van der Waals surface area (Å²) >= 11 is 12.6. The van der Waals surface area contributed by atoms with Gasteiger partial charge in [-0.05, 0) is 57.3 Å². The molecular formula is C22H36Cl2N4O4. The molecule has 2 fully saturated rings. The van der Waals surface area contributed by atoms with Crippen molar-refractivity contribution in [3.05, 3.63) is 0 Å². The number of nitrogens with two attached hydrogens (primary N) is 1. The van der Waals surface area contributed by atoms with E-state index in [-0.39, 0.29) is 53.4 Å². The number of guanidine groups is 1. The van der Waals surface area contributed by atoms with Crippen LogP contribution in [0.5, 0.6) is 0 Å². The van der Waals surface area contributed by atoms with Gasteiger partial charge in [-0.3, -0.25) is 19.7 Å². The summed E-state index contributed by atoms with van der Waals surface area (Å²) in [6, 6.07) is 0. The van der Waals surface area contributed by atoms with Crippen molar-refractivity contribution in [2.75, 3.05) is 6.54 Å². The Morgan fingerprint density at radius 3 is 2.28 bits per heavy atom. The Bertz CT molecular complexity index is 658. The van der Waals surface area contributed by atoms with E-state index in [0.717, 1.165) is 51.4 Å². The first-order chi connectivity index (χ1) is 15.2. The van der Waals surface area contributed by atoms with E-state index in [9.17, 15) is 19.5 Å². The van der Waals surface area contributed by atoms with Gasteiger partial charge in [0.1, 0.15) is 0 Å². The molecule has 182 valence electrons. The second-order valence-corrected chi connectivity index (χ2v) is 10.1. The Morgan fingerprint density at radius 2 is 1.62 bits per heavy atom. The number of alkyl halides is 2. The fourth-order valence-electron chi connectivity index (χ4n) is 4.37. The van der Waals surface area contributed by atoms with Crippen molar-refractivity contribution in [3.63, 3.8) is 0 Å². The quantitative estimate of drug-likeness (QED) is 0.170. The lowest BCUT2D eigenvalue weighted by atomic mass is 9.84. The molecule has 10 heteroatoms. The summed E-state index contributed by atoms with van der Waals surface area (Å²) in [4.78, 5) is 39.7. The van der Waals surface area contributed by atoms with E-state index in [0.29, 0.717) is 25.3 Å². The Balaban J connectivity index is 1.57. The first kappa shape index (κ1) is 26.9. The van der Waals surface area contributed by atoms with E-state index < -0.39 is 5.91 Å². The normalized spacial score (nSPS) is 28.7. The SMILES string of the molecule is NC(=NC(=O)CCCNC(=O)CCC1CCC(O)CC1)NC(=O)CC1C(Cl)CCCC1Cl. The topological polar surface area (TPSA) is 134 Å². The highest BCUT2D eigenvalue weighted by atomic mass is 35.5. The lowest BCUT2D eigenvalue weighted by Gasteiger charge is -2.30. The zero-order valence-electron chi connectivity index (χ0n) is 18.5. The van der Waals surface area contributed by atoms with Crippen molar-refractivity contribution < 1.29 is 19.5 Å². The Morgan fingerprint density at radius 1 is 0.969 bits per heavy atom. The minimum Gasteiger partial charge on any atom is -0.393 e. The highest BCUT2D eigenvalue weighted by molar-refractivity contribution is 6.24. The first-order valence-corrected chi connectivity index (χ1v) is 12.5. The highest BCUT2D eigenvalue weighted by Crippen LogP contribution is 2.34. The number of aliphatic hydroxyl groups is 1. The van der Waals surface area contributed by atoms with Crippen LogP contribution < -0.4 is 16.4 Å². The zero-order chi connectivity index (χ0) is 23.5. The summed E-state index contributed by atoms with van der Waals surface area (Å²) in [7, 11) is 0. The van der Waals surface area contributed by atoms with Crippen LogP contribution in [0.4, 0.5) is 0 Å². The van der Waals surface area contributed by atoms with E-state index in [1.807, 2.05) is 0 Å². The molecule has 2 aliphatic carbocycles. The molecule has 3 amide bonds. The molecule has 0 aromatic rings. The Kier molecular flexibility index (Phi) is 11.8. The standard InChI is InChI=1S/C22H36Cl2N4O4/c23-17-3-1-4-18(24)16(17)13-21(32)28-22(25)27-20(31)5-2-12-26-19(30)11-8-14-6-9-15(29)10-7-14/h14-18,29H,1-13H2,(H,26,30)(H3,25,27,28,31,32). The van der Waals surface area contributed by atoms with E-state index in [1.54, 1.807) is 0 Å². The number of halogens is 2. The molecule has 2 unspecified atom stereocenters. The van der Waals surface area contributed by atoms with Crippen molar-refractivity contribution in [2.24, 2.45) is 22.6 Å². The second kappa shape index (κ2) is 14.0. The lowest BCUT2D eigenvalue weighted by molar-refractivity contribution is -0.122. The fourth-order valence-corrected chi connectivity index (χ4v) is 5.28. The van der Waals surface area contributed by atoms with Crippen LogP contribution in [-0.2, 0) is 14.4 Å². The Hall–Kier alpha value is -1.38. The number of rotatable bonds is 9. The number of carbonyl (C=O) groups excluding carboxylic acids is 3. The van der Waals surface area contributed by atoms with E-state index in [2.05, 4.69) is 15.6 Å². The van der Waals surface area contributed by atoms with E-state index >= 15 is 0 Å². The van der Waals surface area contributed by atoms with Crippen molar-refractivity contribution in [3.8, 4) is 0 Å². The maximum atomic E-state index is 12.2. The Labute approximate surface area is 200 Å². The van der Waals surface area contributed by atoms with E-state index in [1.165, 1.54) is 0 Å². The minimum absolute atomic E-state index is 0.0308. The fraction of sp³-hybridized carbons (Fsp3) is 0.818. The summed E-state index contributed by atoms with van der Waals surface area (Å²) < 4.78 is 0. The summed E-state index contributed by atoms with van der Waals surface area (Å²) in [5, 5.41) is 14.5. The van der Waals surface area contributed by atoms with Gasteiger partial charge >= 0.3 is 0 Å². The first-order valence-electron chi connectivity index (χ1n) is 11.6. The van der Waals surface area contributed by atoms with Crippen molar-refractivity contribution >= 4 is 46.9 Å². The average molecular weight is 491 g/mol. The largest absolute Gasteiger partial charge is 0.393 e. The predicted octanol–water partition coefficient (Wildman–Crippen LogP) is 2.58. The molecule has 0 aromatic carbocycles. The molecule has 0 bridgehead atoms. The molecule has 32 heavy (non-hydrogen) atoms. The van der Waals surface area contributed by atoms with Crippen LogP contribution in [0.25, 0.3) is 0 Å². The third kappa shape index (κ3) is 10.0. The lowest BCUT2D eigenvalue weighted by Crippen LogP contribution is -2.41. The molecular weight excluding hydrogens is 455 g/mol. The molecule has 2 aliphatic rings. The van der Waals surface area contributed by atoms with Crippen LogP contribution in [0.15, 0.2) is 4.99 Å². The molecule has 0 aliphatic heterocycles. The van der Waals surface area contributed by atoms with E-state index in [4.69, 9.17) is 28.9 Å². The summed E-state index contributed by atoms with van der Waals surface area (Å²) in [6.07, 6.45) is 7.98. The zero-order valence-corrected chi connectivity index (χ0v) is 20.0. The van der Waals surface area contributed by atoms with Gasteiger partial charge in [-0.2, -0.15) is 4.99 Å². The van der Waals surface area contributed by atoms with Gasteiger partial charge in [0.25, 0.3) is 0 Å². The smallest absolute Gasteiger partial charge is 0.248 e. The molecule has 0 aromatic heterocycles. The number of aliphatic imine (C=N–C) groups is 1. The number of carbonyl (C=O) groups is 3. The number of hydrogen-bond acceptors (Lipinski definition) is 4. The second-order valence-electron chi connectivity index (χ2n) is 8.94. The number of nitrogens with one attached hydrogen (secondary N) is 2. The van der Waals surface area contributed by atoms with Gasteiger partial charge in [-0.1, -0.05) is 6.42 Å². The van der Waals surface area contributed by atoms with Gasteiger partial charge in [-0.25, -0.2) is 0 Å². The highest BCUT2D eigenvalue weighted by Gasteiger charge is 2.32. The van der Waals surface area contributed by atoms with Crippen LogP contribution in [0, 0.1) is 11.8 Å². The van der Waals surface area contributed by atoms with Crippen LogP contribution in [-0.4, -0.2) is 52.2 Å².